The maximum atomic E-state index is 12.5. The third-order valence-electron chi connectivity index (χ3n) is 2.21. The van der Waals surface area contributed by atoms with Crippen LogP contribution in [0.15, 0.2) is 28.5 Å². The fourth-order valence-electron chi connectivity index (χ4n) is 1.21. The van der Waals surface area contributed by atoms with E-state index < -0.39 is 23.1 Å². The lowest BCUT2D eigenvalue weighted by Gasteiger charge is -2.09. The van der Waals surface area contributed by atoms with Crippen molar-refractivity contribution in [1.29, 1.82) is 10.5 Å². The van der Waals surface area contributed by atoms with Crippen molar-refractivity contribution in [2.45, 2.75) is 6.18 Å². The van der Waals surface area contributed by atoms with Crippen LogP contribution < -0.4 is 5.73 Å². The minimum absolute atomic E-state index is 0.0233. The molecule has 0 aliphatic carbocycles. The number of nitrogens with zero attached hydrogens (tertiary/aromatic N) is 3. The minimum Gasteiger partial charge on any atom is -0.388 e. The van der Waals surface area contributed by atoms with E-state index in [1.807, 2.05) is 0 Å². The van der Waals surface area contributed by atoms with Crippen LogP contribution in [-0.2, 0) is 6.18 Å². The molecule has 2 N–H and O–H groups in total. The van der Waals surface area contributed by atoms with Gasteiger partial charge in [-0.25, -0.2) is 4.99 Å². The maximum Gasteiger partial charge on any atom is 0.416 e. The molecule has 0 unspecified atom stereocenters. The fraction of sp³-hybridized carbons (Fsp3) is 0.0833. The first-order valence-corrected chi connectivity index (χ1v) is 5.86. The maximum absolute atomic E-state index is 12.5. The van der Waals surface area contributed by atoms with Gasteiger partial charge < -0.3 is 5.73 Å². The Bertz CT molecular complexity index is 686. The molecule has 0 aliphatic heterocycles. The lowest BCUT2D eigenvalue weighted by molar-refractivity contribution is -0.137. The van der Waals surface area contributed by atoms with Gasteiger partial charge in [-0.05, 0) is 12.1 Å². The number of aliphatic imine (C=N–C) groups is 1. The van der Waals surface area contributed by atoms with Crippen LogP contribution in [0.3, 0.4) is 0 Å². The van der Waals surface area contributed by atoms with E-state index in [4.69, 9.17) is 39.5 Å². The number of nitrogens with two attached hydrogens (primary N) is 1. The zero-order valence-corrected chi connectivity index (χ0v) is 11.6. The molecule has 9 heteroatoms. The second-order valence-corrected chi connectivity index (χ2v) is 4.41. The summed E-state index contributed by atoms with van der Waals surface area (Å²) < 4.78 is 37.6. The number of allylic oxidation sites excluding steroid dienone is 2. The number of halogens is 5. The Balaban J connectivity index is 3.30. The van der Waals surface area contributed by atoms with Gasteiger partial charge in [-0.15, -0.1) is 0 Å². The predicted octanol–water partition coefficient (Wildman–Crippen LogP) is 3.65. The van der Waals surface area contributed by atoms with Crippen molar-refractivity contribution in [2.75, 3.05) is 0 Å². The number of alkyl halides is 3. The summed E-state index contributed by atoms with van der Waals surface area (Å²) >= 11 is 11.4. The van der Waals surface area contributed by atoms with E-state index in [9.17, 15) is 13.2 Å². The summed E-state index contributed by atoms with van der Waals surface area (Å²) in [7, 11) is 0. The number of benzene rings is 1. The van der Waals surface area contributed by atoms with E-state index >= 15 is 0 Å². The molecule has 0 heterocycles. The highest BCUT2D eigenvalue weighted by Crippen LogP contribution is 2.35. The Morgan fingerprint density at radius 1 is 1.19 bits per heavy atom. The first kappa shape index (κ1) is 16.8. The Morgan fingerprint density at radius 3 is 2.10 bits per heavy atom. The molecule has 0 saturated carbocycles. The second kappa shape index (κ2) is 6.49. The van der Waals surface area contributed by atoms with E-state index in [1.165, 1.54) is 6.07 Å². The van der Waals surface area contributed by atoms with Crippen LogP contribution in [0.2, 0.25) is 10.0 Å². The van der Waals surface area contributed by atoms with E-state index in [2.05, 4.69) is 4.99 Å². The third-order valence-corrected chi connectivity index (χ3v) is 2.84. The minimum atomic E-state index is -4.59. The van der Waals surface area contributed by atoms with Crippen LogP contribution >= 0.6 is 23.2 Å². The molecule has 4 nitrogen and oxygen atoms in total. The number of hydrogen-bond acceptors (Lipinski definition) is 4. The Kier molecular flexibility index (Phi) is 5.20. The van der Waals surface area contributed by atoms with E-state index in [-0.39, 0.29) is 15.6 Å². The van der Waals surface area contributed by atoms with Gasteiger partial charge in [-0.3, -0.25) is 0 Å². The number of nitriles is 2. The molecule has 0 bridgehead atoms. The smallest absolute Gasteiger partial charge is 0.388 e. The molecule has 0 spiro atoms. The average molecular weight is 333 g/mol. The molecule has 1 aromatic carbocycles. The van der Waals surface area contributed by atoms with Gasteiger partial charge in [0.2, 0.25) is 0 Å². The normalized spacial score (nSPS) is 12.7. The Morgan fingerprint density at radius 2 is 1.71 bits per heavy atom. The number of hydrogen-bond donors (Lipinski definition) is 1. The Labute approximate surface area is 127 Å². The van der Waals surface area contributed by atoms with Gasteiger partial charge in [0.25, 0.3) is 0 Å². The largest absolute Gasteiger partial charge is 0.416 e. The van der Waals surface area contributed by atoms with Gasteiger partial charge in [-0.1, -0.05) is 23.2 Å². The first-order valence-electron chi connectivity index (χ1n) is 5.11. The van der Waals surface area contributed by atoms with E-state index in [0.29, 0.717) is 12.1 Å². The number of rotatable bonds is 2. The molecule has 0 amide bonds. The van der Waals surface area contributed by atoms with Crippen LogP contribution in [0.5, 0.6) is 0 Å². The van der Waals surface area contributed by atoms with Gasteiger partial charge in [0.1, 0.15) is 17.8 Å². The van der Waals surface area contributed by atoms with Crippen LogP contribution in [-0.4, -0.2) is 6.21 Å². The standard InChI is InChI=1S/C12H5Cl2F3N4/c13-8-1-6(12(15,16)17)2-9(14)7(8)5-21-11(4-19)10(20)3-18/h1-2,5H,20H2. The average Bonchev–Trinajstić information content (AvgIpc) is 2.40. The fourth-order valence-corrected chi connectivity index (χ4v) is 1.80. The summed E-state index contributed by atoms with van der Waals surface area (Å²) in [5, 5.41) is 16.7. The molecule has 0 atom stereocenters. The zero-order chi connectivity index (χ0) is 16.2. The van der Waals surface area contributed by atoms with Crippen LogP contribution in [0.1, 0.15) is 11.1 Å². The second-order valence-electron chi connectivity index (χ2n) is 3.60. The summed E-state index contributed by atoms with van der Waals surface area (Å²) in [6.07, 6.45) is -3.63. The van der Waals surface area contributed by atoms with Crippen molar-refractivity contribution in [2.24, 2.45) is 10.7 Å². The molecular formula is C12H5Cl2F3N4. The van der Waals surface area contributed by atoms with Gasteiger partial charge in [0.05, 0.1) is 15.6 Å². The summed E-state index contributed by atoms with van der Waals surface area (Å²) in [6, 6.07) is 4.44. The summed E-state index contributed by atoms with van der Waals surface area (Å²) in [5.74, 6) is 0. The van der Waals surface area contributed by atoms with Crippen molar-refractivity contribution in [3.05, 3.63) is 44.7 Å². The third kappa shape index (κ3) is 4.12. The SMILES string of the molecule is N#CC(N)=C(C#N)N=Cc1c(Cl)cc(C(F)(F)F)cc1Cl. The Hall–Kier alpha value is -2.22. The van der Waals surface area contributed by atoms with Gasteiger partial charge in [0.15, 0.2) is 5.70 Å². The van der Waals surface area contributed by atoms with Crippen molar-refractivity contribution in [1.82, 2.24) is 0 Å². The van der Waals surface area contributed by atoms with E-state index in [1.54, 1.807) is 6.07 Å². The lowest BCUT2D eigenvalue weighted by atomic mass is 10.1. The molecule has 21 heavy (non-hydrogen) atoms. The van der Waals surface area contributed by atoms with Crippen molar-refractivity contribution >= 4 is 29.4 Å². The van der Waals surface area contributed by atoms with Gasteiger partial charge in [-0.2, -0.15) is 23.7 Å². The highest BCUT2D eigenvalue weighted by molar-refractivity contribution is 6.38. The molecule has 0 radical (unpaired) electrons. The van der Waals surface area contributed by atoms with Crippen molar-refractivity contribution < 1.29 is 13.2 Å². The van der Waals surface area contributed by atoms with Crippen LogP contribution in [0.4, 0.5) is 13.2 Å². The first-order chi connectivity index (χ1) is 9.70. The van der Waals surface area contributed by atoms with Crippen LogP contribution in [0.25, 0.3) is 0 Å². The molecule has 0 aromatic heterocycles. The monoisotopic (exact) mass is 332 g/mol. The predicted molar refractivity (Wildman–Crippen MR) is 71.5 cm³/mol. The quantitative estimate of drug-likeness (QED) is 0.662. The highest BCUT2D eigenvalue weighted by atomic mass is 35.5. The topological polar surface area (TPSA) is 86.0 Å². The molecule has 1 rings (SSSR count). The molecule has 108 valence electrons. The molecular weight excluding hydrogens is 328 g/mol. The summed E-state index contributed by atoms with van der Waals surface area (Å²) in [5.41, 5.74) is 3.35. The van der Waals surface area contributed by atoms with Crippen LogP contribution in [0, 0.1) is 22.7 Å². The molecule has 0 fully saturated rings. The molecule has 1 aromatic rings. The van der Waals surface area contributed by atoms with Crippen molar-refractivity contribution in [3.8, 4) is 12.1 Å². The summed E-state index contributed by atoms with van der Waals surface area (Å²) in [4.78, 5) is 3.59. The van der Waals surface area contributed by atoms with E-state index in [0.717, 1.165) is 6.21 Å². The molecule has 0 saturated heterocycles. The van der Waals surface area contributed by atoms with Gasteiger partial charge >= 0.3 is 6.18 Å². The molecule has 0 aliphatic rings. The zero-order valence-electron chi connectivity index (χ0n) is 10.0. The highest BCUT2D eigenvalue weighted by Gasteiger charge is 2.31. The lowest BCUT2D eigenvalue weighted by Crippen LogP contribution is -2.05. The van der Waals surface area contributed by atoms with Gasteiger partial charge in [0, 0.05) is 11.8 Å². The summed E-state index contributed by atoms with van der Waals surface area (Å²) in [6.45, 7) is 0. The van der Waals surface area contributed by atoms with Crippen molar-refractivity contribution in [3.63, 3.8) is 0 Å².